The molecule has 0 N–H and O–H groups in total. The fraction of sp³-hybridized carbons (Fsp3) is 0.0833. The molecule has 1 aliphatic rings. The first-order chi connectivity index (χ1) is 19.6. The molecular formula is C36H26N4. The van der Waals surface area contributed by atoms with E-state index in [4.69, 9.17) is 15.0 Å². The SMILES string of the molecule is CC1(C)c2cc(-c3nc(-c4ccccc4)nc(-c4ccccc4)n3)ccc2-n2c3ccccc3c3cccc1c32. The fourth-order valence-corrected chi connectivity index (χ4v) is 6.23. The first kappa shape index (κ1) is 22.9. The maximum Gasteiger partial charge on any atom is 0.164 e. The van der Waals surface area contributed by atoms with Gasteiger partial charge in [0.05, 0.1) is 16.7 Å². The maximum atomic E-state index is 4.99. The van der Waals surface area contributed by atoms with Gasteiger partial charge >= 0.3 is 0 Å². The van der Waals surface area contributed by atoms with Crippen molar-refractivity contribution in [3.8, 4) is 39.9 Å². The Kier molecular flexibility index (Phi) is 4.83. The Morgan fingerprint density at radius 3 is 1.75 bits per heavy atom. The lowest BCUT2D eigenvalue weighted by Gasteiger charge is -2.35. The normalized spacial score (nSPS) is 13.4. The van der Waals surface area contributed by atoms with E-state index in [0.29, 0.717) is 17.5 Å². The second-order valence-electron chi connectivity index (χ2n) is 10.9. The molecule has 0 saturated heterocycles. The van der Waals surface area contributed by atoms with Crippen LogP contribution in [0.25, 0.3) is 61.7 Å². The predicted octanol–water partition coefficient (Wildman–Crippen LogP) is 8.61. The number of nitrogens with zero attached hydrogens (tertiary/aromatic N) is 4. The van der Waals surface area contributed by atoms with Crippen molar-refractivity contribution in [1.29, 1.82) is 0 Å². The monoisotopic (exact) mass is 514 g/mol. The van der Waals surface area contributed by atoms with Gasteiger partial charge < -0.3 is 4.57 Å². The lowest BCUT2D eigenvalue weighted by Crippen LogP contribution is -2.26. The Labute approximate surface area is 232 Å². The molecule has 1 aliphatic heterocycles. The number of hydrogen-bond donors (Lipinski definition) is 0. The topological polar surface area (TPSA) is 43.6 Å². The van der Waals surface area contributed by atoms with Crippen molar-refractivity contribution in [2.45, 2.75) is 19.3 Å². The smallest absolute Gasteiger partial charge is 0.164 e. The molecule has 2 aromatic heterocycles. The third kappa shape index (κ3) is 3.29. The molecule has 4 nitrogen and oxygen atoms in total. The highest BCUT2D eigenvalue weighted by atomic mass is 15.0. The molecular weight excluding hydrogens is 488 g/mol. The molecule has 3 heterocycles. The summed E-state index contributed by atoms with van der Waals surface area (Å²) in [7, 11) is 0. The maximum absolute atomic E-state index is 4.99. The second-order valence-corrected chi connectivity index (χ2v) is 10.9. The van der Waals surface area contributed by atoms with E-state index in [1.807, 2.05) is 60.7 Å². The van der Waals surface area contributed by atoms with E-state index in [2.05, 4.69) is 79.1 Å². The Hall–Kier alpha value is -5.09. The van der Waals surface area contributed by atoms with E-state index in [0.717, 1.165) is 16.7 Å². The number of benzene rings is 5. The third-order valence-corrected chi connectivity index (χ3v) is 8.24. The molecule has 8 rings (SSSR count). The van der Waals surface area contributed by atoms with Crippen LogP contribution >= 0.6 is 0 Å². The van der Waals surface area contributed by atoms with Crippen molar-refractivity contribution < 1.29 is 0 Å². The highest BCUT2D eigenvalue weighted by Gasteiger charge is 2.35. The molecule has 0 atom stereocenters. The van der Waals surface area contributed by atoms with Crippen LogP contribution in [0.5, 0.6) is 0 Å². The van der Waals surface area contributed by atoms with Crippen LogP contribution in [0.15, 0.2) is 121 Å². The molecule has 0 spiro atoms. The molecule has 5 aromatic carbocycles. The van der Waals surface area contributed by atoms with Crippen molar-refractivity contribution in [2.75, 3.05) is 0 Å². The van der Waals surface area contributed by atoms with Gasteiger partial charge in [0, 0.05) is 32.9 Å². The van der Waals surface area contributed by atoms with Gasteiger partial charge in [0.15, 0.2) is 17.5 Å². The van der Waals surface area contributed by atoms with Gasteiger partial charge in [-0.2, -0.15) is 0 Å². The zero-order valence-electron chi connectivity index (χ0n) is 22.3. The summed E-state index contributed by atoms with van der Waals surface area (Å²) in [6, 6.07) is 42.3. The molecule has 0 amide bonds. The average Bonchev–Trinajstić information content (AvgIpc) is 3.35. The van der Waals surface area contributed by atoms with Crippen molar-refractivity contribution in [1.82, 2.24) is 19.5 Å². The molecule has 190 valence electrons. The Bertz CT molecular complexity index is 2010. The summed E-state index contributed by atoms with van der Waals surface area (Å²) < 4.78 is 2.43. The number of aromatic nitrogens is 4. The van der Waals surface area contributed by atoms with Crippen LogP contribution in [-0.2, 0) is 5.41 Å². The summed E-state index contributed by atoms with van der Waals surface area (Å²) in [6.45, 7) is 4.65. The molecule has 0 radical (unpaired) electrons. The van der Waals surface area contributed by atoms with Crippen LogP contribution in [0.2, 0.25) is 0 Å². The highest BCUT2D eigenvalue weighted by molar-refractivity contribution is 6.11. The Balaban J connectivity index is 1.38. The summed E-state index contributed by atoms with van der Waals surface area (Å²) in [5.74, 6) is 2.02. The van der Waals surface area contributed by atoms with Crippen LogP contribution in [0.1, 0.15) is 25.0 Å². The van der Waals surface area contributed by atoms with Gasteiger partial charge in [-0.15, -0.1) is 0 Å². The second kappa shape index (κ2) is 8.45. The zero-order chi connectivity index (χ0) is 26.8. The summed E-state index contributed by atoms with van der Waals surface area (Å²) >= 11 is 0. The van der Waals surface area contributed by atoms with Gasteiger partial charge in [-0.1, -0.05) is 111 Å². The molecule has 0 bridgehead atoms. The highest BCUT2D eigenvalue weighted by Crippen LogP contribution is 2.48. The van der Waals surface area contributed by atoms with E-state index in [9.17, 15) is 0 Å². The first-order valence-corrected chi connectivity index (χ1v) is 13.6. The van der Waals surface area contributed by atoms with E-state index in [-0.39, 0.29) is 5.41 Å². The fourth-order valence-electron chi connectivity index (χ4n) is 6.23. The molecule has 0 unspecified atom stereocenters. The van der Waals surface area contributed by atoms with Gasteiger partial charge in [-0.25, -0.2) is 15.0 Å². The van der Waals surface area contributed by atoms with Gasteiger partial charge in [0.1, 0.15) is 0 Å². The van der Waals surface area contributed by atoms with Crippen molar-refractivity contribution in [3.63, 3.8) is 0 Å². The largest absolute Gasteiger partial charge is 0.309 e. The third-order valence-electron chi connectivity index (χ3n) is 8.24. The van der Waals surface area contributed by atoms with E-state index in [1.165, 1.54) is 38.6 Å². The van der Waals surface area contributed by atoms with Crippen LogP contribution < -0.4 is 0 Å². The van der Waals surface area contributed by atoms with Gasteiger partial charge in [-0.05, 0) is 35.4 Å². The lowest BCUT2D eigenvalue weighted by molar-refractivity contribution is 0.630. The van der Waals surface area contributed by atoms with Gasteiger partial charge in [0.2, 0.25) is 0 Å². The number of fused-ring (bicyclic) bond motifs is 5. The average molecular weight is 515 g/mol. The zero-order valence-corrected chi connectivity index (χ0v) is 22.3. The Morgan fingerprint density at radius 2 is 1.07 bits per heavy atom. The summed E-state index contributed by atoms with van der Waals surface area (Å²) in [4.78, 5) is 14.9. The molecule has 0 aliphatic carbocycles. The van der Waals surface area contributed by atoms with Crippen molar-refractivity contribution in [2.24, 2.45) is 0 Å². The number of hydrogen-bond acceptors (Lipinski definition) is 3. The molecule has 7 aromatic rings. The van der Waals surface area contributed by atoms with Crippen LogP contribution in [0.4, 0.5) is 0 Å². The minimum Gasteiger partial charge on any atom is -0.309 e. The van der Waals surface area contributed by atoms with Crippen molar-refractivity contribution in [3.05, 3.63) is 132 Å². The Morgan fingerprint density at radius 1 is 0.500 bits per heavy atom. The number of rotatable bonds is 3. The molecule has 4 heteroatoms. The number of para-hydroxylation sites is 2. The van der Waals surface area contributed by atoms with E-state index >= 15 is 0 Å². The van der Waals surface area contributed by atoms with Crippen LogP contribution in [0, 0.1) is 0 Å². The lowest BCUT2D eigenvalue weighted by atomic mass is 9.74. The first-order valence-electron chi connectivity index (χ1n) is 13.6. The summed E-state index contributed by atoms with van der Waals surface area (Å²) in [5.41, 5.74) is 9.04. The minimum absolute atomic E-state index is 0.202. The minimum atomic E-state index is -0.202. The molecule has 0 saturated carbocycles. The van der Waals surface area contributed by atoms with Crippen LogP contribution in [-0.4, -0.2) is 19.5 Å². The standard InChI is InChI=1S/C36H26N4/c1-36(2)28-18-11-17-27-26-16-9-10-19-30(26)40(32(27)28)31-21-20-25(22-29(31)36)35-38-33(23-12-5-3-6-13-23)37-34(39-35)24-14-7-4-8-15-24/h3-22H,1-2H3. The summed E-state index contributed by atoms with van der Waals surface area (Å²) in [5, 5.41) is 2.58. The predicted molar refractivity (Wildman–Crippen MR) is 163 cm³/mol. The van der Waals surface area contributed by atoms with E-state index in [1.54, 1.807) is 0 Å². The van der Waals surface area contributed by atoms with E-state index < -0.39 is 0 Å². The summed E-state index contributed by atoms with van der Waals surface area (Å²) in [6.07, 6.45) is 0. The van der Waals surface area contributed by atoms with Gasteiger partial charge in [0.25, 0.3) is 0 Å². The molecule has 0 fully saturated rings. The van der Waals surface area contributed by atoms with Crippen LogP contribution in [0.3, 0.4) is 0 Å². The van der Waals surface area contributed by atoms with Gasteiger partial charge in [-0.3, -0.25) is 0 Å². The quantitative estimate of drug-likeness (QED) is 0.237. The molecule has 40 heavy (non-hydrogen) atoms. The van der Waals surface area contributed by atoms with Crippen molar-refractivity contribution >= 4 is 21.8 Å².